The van der Waals surface area contributed by atoms with Crippen molar-refractivity contribution >= 4 is 22.7 Å². The lowest BCUT2D eigenvalue weighted by Gasteiger charge is -2.07. The zero-order valence-corrected chi connectivity index (χ0v) is 13.1. The molecule has 0 saturated heterocycles. The van der Waals surface area contributed by atoms with E-state index in [1.807, 2.05) is 18.2 Å². The molecule has 3 aromatic rings. The molecule has 0 fully saturated rings. The molecule has 0 aliphatic carbocycles. The molecule has 1 aromatic heterocycles. The van der Waals surface area contributed by atoms with Gasteiger partial charge in [0.15, 0.2) is 23.3 Å². The van der Waals surface area contributed by atoms with Gasteiger partial charge in [-0.2, -0.15) is 4.99 Å². The second kappa shape index (κ2) is 5.82. The van der Waals surface area contributed by atoms with Gasteiger partial charge in [0.2, 0.25) is 6.79 Å². The Kier molecular flexibility index (Phi) is 3.50. The quantitative estimate of drug-likeness (QED) is 0.488. The summed E-state index contributed by atoms with van der Waals surface area (Å²) in [5.74, 6) is 2.31. The van der Waals surface area contributed by atoms with Crippen molar-refractivity contribution in [3.63, 3.8) is 0 Å². The largest absolute Gasteiger partial charge is 0.508 e. The molecule has 25 heavy (non-hydrogen) atoms. The first-order chi connectivity index (χ1) is 12.1. The van der Waals surface area contributed by atoms with Crippen LogP contribution in [0.2, 0.25) is 0 Å². The maximum absolute atomic E-state index is 9.71. The monoisotopic (exact) mass is 337 g/mol. The lowest BCUT2D eigenvalue weighted by Crippen LogP contribution is -2.22. The number of aliphatic imine (C=N–C) groups is 1. The van der Waals surface area contributed by atoms with E-state index in [9.17, 15) is 5.11 Å². The number of guanidine groups is 1. The van der Waals surface area contributed by atoms with Crippen molar-refractivity contribution in [2.75, 3.05) is 6.79 Å². The SMILES string of the molecule is NC(N)=Nc1nc(Cc2ccc3c(c2)OCO3)nc2cc(O)ccc12. The predicted molar refractivity (Wildman–Crippen MR) is 92.0 cm³/mol. The minimum atomic E-state index is -0.0953. The Hall–Kier alpha value is -3.55. The van der Waals surface area contributed by atoms with Gasteiger partial charge >= 0.3 is 0 Å². The normalized spacial score (nSPS) is 12.3. The van der Waals surface area contributed by atoms with E-state index in [0.29, 0.717) is 40.5 Å². The first-order valence-electron chi connectivity index (χ1n) is 7.56. The molecule has 1 aliphatic rings. The molecule has 0 saturated carbocycles. The number of benzene rings is 2. The third-order valence-electron chi connectivity index (χ3n) is 3.74. The summed E-state index contributed by atoms with van der Waals surface area (Å²) in [4.78, 5) is 13.0. The fourth-order valence-electron chi connectivity index (χ4n) is 2.67. The molecule has 0 radical (unpaired) electrons. The lowest BCUT2D eigenvalue weighted by atomic mass is 10.1. The average molecular weight is 337 g/mol. The van der Waals surface area contributed by atoms with Crippen LogP contribution in [-0.2, 0) is 6.42 Å². The number of nitrogens with zero attached hydrogens (tertiary/aromatic N) is 3. The van der Waals surface area contributed by atoms with Gasteiger partial charge in [-0.05, 0) is 29.8 Å². The second-order valence-electron chi connectivity index (χ2n) is 5.57. The molecular weight excluding hydrogens is 322 g/mol. The molecule has 0 spiro atoms. The molecule has 2 heterocycles. The number of phenols is 1. The van der Waals surface area contributed by atoms with Gasteiger partial charge < -0.3 is 26.0 Å². The number of aromatic hydroxyl groups is 1. The Labute approximate surface area is 142 Å². The molecule has 2 aromatic carbocycles. The zero-order chi connectivity index (χ0) is 17.4. The predicted octanol–water partition coefficient (Wildman–Crippen LogP) is 1.56. The Balaban J connectivity index is 1.77. The number of aromatic nitrogens is 2. The number of phenolic OH excluding ortho intramolecular Hbond substituents is 1. The Morgan fingerprint density at radius 3 is 2.76 bits per heavy atom. The van der Waals surface area contributed by atoms with E-state index in [0.717, 1.165) is 5.56 Å². The van der Waals surface area contributed by atoms with Crippen LogP contribution in [0.25, 0.3) is 10.9 Å². The highest BCUT2D eigenvalue weighted by Gasteiger charge is 2.15. The maximum Gasteiger partial charge on any atom is 0.231 e. The highest BCUT2D eigenvalue weighted by Crippen LogP contribution is 2.33. The van der Waals surface area contributed by atoms with Crippen molar-refractivity contribution in [3.05, 3.63) is 47.8 Å². The minimum Gasteiger partial charge on any atom is -0.508 e. The topological polar surface area (TPSA) is 129 Å². The number of hydrogen-bond acceptors (Lipinski definition) is 6. The molecule has 1 aliphatic heterocycles. The lowest BCUT2D eigenvalue weighted by molar-refractivity contribution is 0.174. The molecule has 126 valence electrons. The molecule has 0 atom stereocenters. The molecule has 4 rings (SSSR count). The van der Waals surface area contributed by atoms with Crippen LogP contribution >= 0.6 is 0 Å². The molecule has 8 nitrogen and oxygen atoms in total. The van der Waals surface area contributed by atoms with E-state index in [4.69, 9.17) is 20.9 Å². The fourth-order valence-corrected chi connectivity index (χ4v) is 2.67. The van der Waals surface area contributed by atoms with Crippen LogP contribution < -0.4 is 20.9 Å². The van der Waals surface area contributed by atoms with E-state index >= 15 is 0 Å². The van der Waals surface area contributed by atoms with Crippen LogP contribution in [0.1, 0.15) is 11.4 Å². The standard InChI is InChI=1S/C17H15N5O3/c18-17(19)22-16-11-3-2-10(23)7-12(11)20-15(21-16)6-9-1-4-13-14(5-9)25-8-24-13/h1-5,7,23H,6,8H2,(H4,18,19,20,21,22). The molecule has 0 unspecified atom stereocenters. The molecule has 5 N–H and O–H groups in total. The fraction of sp³-hybridized carbons (Fsp3) is 0.118. The number of rotatable bonds is 3. The van der Waals surface area contributed by atoms with Gasteiger partial charge in [-0.15, -0.1) is 0 Å². The van der Waals surface area contributed by atoms with E-state index < -0.39 is 0 Å². The zero-order valence-electron chi connectivity index (χ0n) is 13.1. The number of nitrogens with two attached hydrogens (primary N) is 2. The minimum absolute atomic E-state index is 0.0953. The maximum atomic E-state index is 9.71. The van der Waals surface area contributed by atoms with Crippen molar-refractivity contribution in [2.45, 2.75) is 6.42 Å². The molecule has 0 bridgehead atoms. The first kappa shape index (κ1) is 15.0. The summed E-state index contributed by atoms with van der Waals surface area (Å²) < 4.78 is 10.7. The summed E-state index contributed by atoms with van der Waals surface area (Å²) >= 11 is 0. The summed E-state index contributed by atoms with van der Waals surface area (Å²) in [5, 5.41) is 10.4. The van der Waals surface area contributed by atoms with Crippen molar-refractivity contribution in [1.82, 2.24) is 9.97 Å². The van der Waals surface area contributed by atoms with E-state index in [2.05, 4.69) is 15.0 Å². The van der Waals surface area contributed by atoms with Crippen LogP contribution in [0.15, 0.2) is 41.4 Å². The van der Waals surface area contributed by atoms with Crippen LogP contribution in [0, 0.1) is 0 Å². The average Bonchev–Trinajstić information content (AvgIpc) is 3.01. The van der Waals surface area contributed by atoms with Crippen molar-refractivity contribution in [2.24, 2.45) is 16.5 Å². The smallest absolute Gasteiger partial charge is 0.231 e. The van der Waals surface area contributed by atoms with Gasteiger partial charge in [-0.1, -0.05) is 6.07 Å². The summed E-state index contributed by atoms with van der Waals surface area (Å²) in [6.45, 7) is 0.221. The third-order valence-corrected chi connectivity index (χ3v) is 3.74. The van der Waals surface area contributed by atoms with Gasteiger partial charge in [0.1, 0.15) is 11.6 Å². The van der Waals surface area contributed by atoms with Crippen molar-refractivity contribution < 1.29 is 14.6 Å². The summed E-state index contributed by atoms with van der Waals surface area (Å²) in [6, 6.07) is 10.4. The summed E-state index contributed by atoms with van der Waals surface area (Å²) in [7, 11) is 0. The van der Waals surface area contributed by atoms with Crippen LogP contribution in [0.4, 0.5) is 5.82 Å². The van der Waals surface area contributed by atoms with Crippen LogP contribution in [0.3, 0.4) is 0 Å². The number of ether oxygens (including phenoxy) is 2. The molecule has 0 amide bonds. The Morgan fingerprint density at radius 1 is 1.08 bits per heavy atom. The molecular formula is C17H15N5O3. The number of fused-ring (bicyclic) bond motifs is 2. The van der Waals surface area contributed by atoms with Gasteiger partial charge in [0.25, 0.3) is 0 Å². The summed E-state index contributed by atoms with van der Waals surface area (Å²) in [5.41, 5.74) is 12.5. The highest BCUT2D eigenvalue weighted by atomic mass is 16.7. The Morgan fingerprint density at radius 2 is 1.92 bits per heavy atom. The highest BCUT2D eigenvalue weighted by molar-refractivity contribution is 5.91. The second-order valence-corrected chi connectivity index (χ2v) is 5.57. The van der Waals surface area contributed by atoms with Gasteiger partial charge in [0.05, 0.1) is 5.52 Å². The number of hydrogen-bond donors (Lipinski definition) is 3. The Bertz CT molecular complexity index is 999. The van der Waals surface area contributed by atoms with Crippen molar-refractivity contribution in [1.29, 1.82) is 0 Å². The van der Waals surface area contributed by atoms with E-state index in [1.54, 1.807) is 12.1 Å². The van der Waals surface area contributed by atoms with Crippen molar-refractivity contribution in [3.8, 4) is 17.2 Å². The van der Waals surface area contributed by atoms with Gasteiger partial charge in [-0.25, -0.2) is 9.97 Å². The third kappa shape index (κ3) is 2.97. The summed E-state index contributed by atoms with van der Waals surface area (Å²) in [6.07, 6.45) is 0.454. The molecule has 8 heteroatoms. The van der Waals surface area contributed by atoms with Crippen LogP contribution in [0.5, 0.6) is 17.2 Å². The van der Waals surface area contributed by atoms with Gasteiger partial charge in [-0.3, -0.25) is 0 Å². The van der Waals surface area contributed by atoms with Crippen LogP contribution in [-0.4, -0.2) is 27.8 Å². The van der Waals surface area contributed by atoms with E-state index in [-0.39, 0.29) is 18.5 Å². The first-order valence-corrected chi connectivity index (χ1v) is 7.56. The van der Waals surface area contributed by atoms with Gasteiger partial charge in [0, 0.05) is 17.9 Å². The van der Waals surface area contributed by atoms with E-state index in [1.165, 1.54) is 6.07 Å².